The molecule has 58 heavy (non-hydrogen) atoms. The number of azo groups is 3. The molecule has 7 N–H and O–H groups in total. The van der Waals surface area contributed by atoms with Crippen molar-refractivity contribution in [2.45, 2.75) is 195 Å². The lowest BCUT2D eigenvalue weighted by Crippen LogP contribution is -2.73. The van der Waals surface area contributed by atoms with Crippen LogP contribution in [0.3, 0.4) is 0 Å². The van der Waals surface area contributed by atoms with E-state index in [9.17, 15) is 5.11 Å². The summed E-state index contributed by atoms with van der Waals surface area (Å²) in [6, 6.07) is 0.552. The third-order valence-corrected chi connectivity index (χ3v) is 14.9. The van der Waals surface area contributed by atoms with Gasteiger partial charge in [0.05, 0.1) is 41.6 Å². The molecule has 0 amide bonds. The quantitative estimate of drug-likeness (QED) is 0.0338. The monoisotopic (exact) mass is 860 g/mol. The predicted molar refractivity (Wildman–Crippen MR) is 217 cm³/mol. The summed E-state index contributed by atoms with van der Waals surface area (Å²) in [5.74, 6) is 0.870. The van der Waals surface area contributed by atoms with E-state index in [1.807, 2.05) is 13.8 Å². The van der Waals surface area contributed by atoms with Gasteiger partial charge in [0.25, 0.3) is 0 Å². The molecule has 6 aliphatic rings. The van der Waals surface area contributed by atoms with Crippen LogP contribution in [0.2, 0.25) is 0 Å². The van der Waals surface area contributed by atoms with Gasteiger partial charge in [-0.1, -0.05) is 23.9 Å². The van der Waals surface area contributed by atoms with Crippen molar-refractivity contribution >= 4 is 24.1 Å². The SMILES string of the molecule is CCOC1NC(NC2CCC3CC(SOOO)C(N=NC4CC(C)C(N=NC5CCC(N=NC6CCC(SOOO)CC6)CC5)CC4C)C(O)C3C2)NC(OCC)N1. The molecular weight excluding hydrogens is 793 g/mol. The molecule has 0 spiro atoms. The molecule has 332 valence electrons. The van der Waals surface area contributed by atoms with Crippen LogP contribution in [-0.4, -0.2) is 107 Å². The van der Waals surface area contributed by atoms with Crippen molar-refractivity contribution in [1.29, 1.82) is 0 Å². The van der Waals surface area contributed by atoms with Gasteiger partial charge in [-0.3, -0.25) is 16.0 Å². The zero-order valence-corrected chi connectivity index (χ0v) is 36.1. The minimum Gasteiger partial charge on any atom is -0.390 e. The van der Waals surface area contributed by atoms with E-state index >= 15 is 0 Å². The minimum absolute atomic E-state index is 0.0129. The fraction of sp³-hybridized carbons (Fsp3) is 1.00. The second-order valence-corrected chi connectivity index (χ2v) is 19.0. The summed E-state index contributed by atoms with van der Waals surface area (Å²) < 4.78 is 21.1. The van der Waals surface area contributed by atoms with E-state index in [1.54, 1.807) is 0 Å². The summed E-state index contributed by atoms with van der Waals surface area (Å²) in [4.78, 5) is 0. The first-order valence-corrected chi connectivity index (χ1v) is 23.3. The Labute approximate surface area is 351 Å². The number of hydrogen-bond donors (Lipinski definition) is 7. The lowest BCUT2D eigenvalue weighted by atomic mass is 9.66. The molecule has 6 fully saturated rings. The molecule has 5 aliphatic carbocycles. The van der Waals surface area contributed by atoms with Crippen LogP contribution in [-0.2, 0) is 28.2 Å². The van der Waals surface area contributed by atoms with Crippen LogP contribution in [0.25, 0.3) is 0 Å². The molecular formula is C37H68N10O9S2. The van der Waals surface area contributed by atoms with Gasteiger partial charge in [-0.2, -0.15) is 30.7 Å². The fourth-order valence-corrected chi connectivity index (χ4v) is 11.2. The third kappa shape index (κ3) is 13.5. The van der Waals surface area contributed by atoms with Crippen LogP contribution < -0.4 is 21.3 Å². The van der Waals surface area contributed by atoms with Gasteiger partial charge < -0.3 is 14.6 Å². The molecule has 0 aromatic carbocycles. The van der Waals surface area contributed by atoms with Crippen LogP contribution >= 0.6 is 24.1 Å². The van der Waals surface area contributed by atoms with E-state index in [1.165, 1.54) is 12.0 Å². The number of nitrogens with one attached hydrogen (secondary N) is 4. The lowest BCUT2D eigenvalue weighted by Gasteiger charge is -2.48. The number of fused-ring (bicyclic) bond motifs is 1. The molecule has 1 heterocycles. The van der Waals surface area contributed by atoms with E-state index in [0.717, 1.165) is 102 Å². The smallest absolute Gasteiger partial charge is 0.168 e. The van der Waals surface area contributed by atoms with Crippen molar-refractivity contribution in [3.05, 3.63) is 0 Å². The Hall–Kier alpha value is -1.02. The van der Waals surface area contributed by atoms with Crippen LogP contribution in [0, 0.1) is 23.7 Å². The Balaban J connectivity index is 0.972. The summed E-state index contributed by atoms with van der Waals surface area (Å²) in [5.41, 5.74) is 0. The summed E-state index contributed by atoms with van der Waals surface area (Å²) in [5, 5.41) is 79.8. The van der Waals surface area contributed by atoms with Gasteiger partial charge in [0.15, 0.2) is 12.7 Å². The number of nitrogens with zero attached hydrogens (tertiary/aromatic N) is 6. The molecule has 19 nitrogen and oxygen atoms in total. The third-order valence-electron chi connectivity index (χ3n) is 13.1. The second-order valence-electron chi connectivity index (χ2n) is 17.1. The Morgan fingerprint density at radius 3 is 1.72 bits per heavy atom. The number of hydrogen-bond acceptors (Lipinski definition) is 21. The molecule has 12 unspecified atom stereocenters. The van der Waals surface area contributed by atoms with Gasteiger partial charge in [0.2, 0.25) is 0 Å². The Morgan fingerprint density at radius 2 is 1.16 bits per heavy atom. The first kappa shape index (κ1) is 46.5. The van der Waals surface area contributed by atoms with E-state index in [4.69, 9.17) is 49.9 Å². The minimum atomic E-state index is -0.726. The maximum atomic E-state index is 11.9. The molecule has 0 aromatic rings. The Kier molecular flexibility index (Phi) is 19.2. The number of rotatable bonds is 18. The van der Waals surface area contributed by atoms with Crippen molar-refractivity contribution in [3.63, 3.8) is 0 Å². The first-order chi connectivity index (χ1) is 28.3. The fourth-order valence-electron chi connectivity index (χ4n) is 9.80. The van der Waals surface area contributed by atoms with Crippen LogP contribution in [0.4, 0.5) is 0 Å². The Morgan fingerprint density at radius 1 is 0.621 bits per heavy atom. The summed E-state index contributed by atoms with van der Waals surface area (Å²) in [6.45, 7) is 9.47. The van der Waals surface area contributed by atoms with Crippen molar-refractivity contribution in [2.75, 3.05) is 13.2 Å². The highest BCUT2D eigenvalue weighted by atomic mass is 32.2. The number of aliphatic hydroxyl groups is 1. The van der Waals surface area contributed by atoms with Crippen molar-refractivity contribution < 1.29 is 43.8 Å². The molecule has 21 heteroatoms. The van der Waals surface area contributed by atoms with E-state index in [0.29, 0.717) is 24.4 Å². The highest BCUT2D eigenvalue weighted by Gasteiger charge is 2.48. The topological polar surface area (TPSA) is 238 Å². The normalized spacial score (nSPS) is 43.0. The predicted octanol–water partition coefficient (Wildman–Crippen LogP) is 6.49. The lowest BCUT2D eigenvalue weighted by molar-refractivity contribution is -0.432. The molecule has 6 rings (SSSR count). The van der Waals surface area contributed by atoms with Gasteiger partial charge >= 0.3 is 0 Å². The number of ether oxygens (including phenoxy) is 2. The highest BCUT2D eigenvalue weighted by molar-refractivity contribution is 7.95. The van der Waals surface area contributed by atoms with Crippen molar-refractivity contribution in [3.8, 4) is 0 Å². The van der Waals surface area contributed by atoms with Crippen LogP contribution in [0.5, 0.6) is 0 Å². The van der Waals surface area contributed by atoms with Crippen molar-refractivity contribution in [2.24, 2.45) is 54.4 Å². The van der Waals surface area contributed by atoms with E-state index in [-0.39, 0.29) is 78.2 Å². The van der Waals surface area contributed by atoms with Gasteiger partial charge in [-0.25, -0.2) is 15.8 Å². The van der Waals surface area contributed by atoms with Gasteiger partial charge in [-0.15, -0.1) is 8.67 Å². The summed E-state index contributed by atoms with van der Waals surface area (Å²) >= 11 is 2.19. The zero-order chi connectivity index (χ0) is 40.9. The van der Waals surface area contributed by atoms with Gasteiger partial charge in [0.1, 0.15) is 12.3 Å². The maximum absolute atomic E-state index is 11.9. The molecule has 1 aliphatic heterocycles. The molecule has 0 radical (unpaired) electrons. The van der Waals surface area contributed by atoms with E-state index < -0.39 is 12.1 Å². The molecule has 5 saturated carbocycles. The molecule has 1 saturated heterocycles. The highest BCUT2D eigenvalue weighted by Crippen LogP contribution is 2.46. The number of aliphatic hydroxyl groups excluding tert-OH is 1. The van der Waals surface area contributed by atoms with Crippen LogP contribution in [0.1, 0.15) is 118 Å². The standard InChI is InChI=1S/C37H68N10O9S2/c1-5-51-36-39-35(40-37(41-36)52-6-2)38-27-8-7-23-19-32(58-56-54-50)33(34(48)29(23)20-27)47-46-31-18-21(3)30(17-22(31)4)45-44-25-11-9-24(10-12-25)42-43-26-13-15-28(16-14-26)57-55-53-49/h21-41,48-50H,5-20H2,1-4H3. The molecule has 12 atom stereocenters. The zero-order valence-electron chi connectivity index (χ0n) is 34.4. The first-order valence-electron chi connectivity index (χ1n) is 21.7. The second kappa shape index (κ2) is 24.0. The molecule has 0 aromatic heterocycles. The largest absolute Gasteiger partial charge is 0.390 e. The molecule has 0 bridgehead atoms. The Bertz CT molecular complexity index is 1270. The summed E-state index contributed by atoms with van der Waals surface area (Å²) in [6.07, 6.45) is 11.3. The van der Waals surface area contributed by atoms with Crippen LogP contribution in [0.15, 0.2) is 30.7 Å². The average Bonchev–Trinajstić information content (AvgIpc) is 3.22. The van der Waals surface area contributed by atoms with Crippen molar-refractivity contribution in [1.82, 2.24) is 21.3 Å². The summed E-state index contributed by atoms with van der Waals surface area (Å²) in [7, 11) is 0. The van der Waals surface area contributed by atoms with Gasteiger partial charge in [0, 0.05) is 48.6 Å². The van der Waals surface area contributed by atoms with Gasteiger partial charge in [-0.05, 0) is 127 Å². The average molecular weight is 861 g/mol. The maximum Gasteiger partial charge on any atom is 0.168 e. The van der Waals surface area contributed by atoms with E-state index in [2.05, 4.69) is 54.6 Å².